The Morgan fingerprint density at radius 3 is 1.94 bits per heavy atom. The minimum atomic E-state index is -2.92. The van der Waals surface area contributed by atoms with Gasteiger partial charge in [0, 0.05) is 22.2 Å². The van der Waals surface area contributed by atoms with Crippen molar-refractivity contribution in [2.24, 2.45) is 0 Å². The summed E-state index contributed by atoms with van der Waals surface area (Å²) in [5, 5.41) is 17.9. The Kier molecular flexibility index (Phi) is 9.73. The number of benzene rings is 1. The zero-order chi connectivity index (χ0) is 14.0. The van der Waals surface area contributed by atoms with E-state index < -0.39 is 22.6 Å². The van der Waals surface area contributed by atoms with Gasteiger partial charge >= 0.3 is 16.5 Å². The molecule has 1 aromatic rings. The molecular weight excluding hydrogens is 282 g/mol. The van der Waals surface area contributed by atoms with Gasteiger partial charge in [-0.2, -0.15) is 0 Å². The minimum absolute atomic E-state index is 0.0239. The molecule has 0 fully saturated rings. The zero-order valence-electron chi connectivity index (χ0n) is 9.29. The summed E-state index contributed by atoms with van der Waals surface area (Å²) in [5.74, 6) is 0. The lowest BCUT2D eigenvalue weighted by atomic mass is 10.1. The fraction of sp³-hybridized carbons (Fsp3) is 0.333. The smallest absolute Gasteiger partial charge is 0.396 e. The van der Waals surface area contributed by atoms with Gasteiger partial charge in [-0.05, 0) is 5.56 Å². The molecule has 0 saturated carbocycles. The van der Waals surface area contributed by atoms with E-state index in [0.717, 1.165) is 5.56 Å². The van der Waals surface area contributed by atoms with Crippen molar-refractivity contribution in [3.05, 3.63) is 35.9 Å². The molecule has 0 aromatic heterocycles. The van der Waals surface area contributed by atoms with Crippen molar-refractivity contribution >= 4 is 16.5 Å². The van der Waals surface area contributed by atoms with Crippen molar-refractivity contribution in [2.75, 3.05) is 6.61 Å². The van der Waals surface area contributed by atoms with Gasteiger partial charge in [0.05, 0.1) is 6.10 Å². The Morgan fingerprint density at radius 1 is 1.11 bits per heavy atom. The van der Waals surface area contributed by atoms with E-state index in [1.807, 2.05) is 30.3 Å². The standard InChI is InChI=1S/C9H12O2.O5P2/c10-7-6-9(11)8-4-2-1-3-5-8;1-6(2)5-7(3)4/h1-5,9-11H,6-7H2;/p+2. The Balaban J connectivity index is 0.000000360. The molecule has 0 bridgehead atoms. The molecule has 3 unspecified atom stereocenters. The van der Waals surface area contributed by atoms with Crippen LogP contribution in [0.1, 0.15) is 18.1 Å². The molecule has 0 aliphatic rings. The first-order chi connectivity index (χ1) is 8.47. The van der Waals surface area contributed by atoms with E-state index >= 15 is 0 Å². The first kappa shape index (κ1) is 17.2. The van der Waals surface area contributed by atoms with Crippen LogP contribution in [0.4, 0.5) is 0 Å². The van der Waals surface area contributed by atoms with Gasteiger partial charge in [0.25, 0.3) is 0 Å². The Hall–Kier alpha value is -0.780. The molecule has 0 aliphatic carbocycles. The summed E-state index contributed by atoms with van der Waals surface area (Å²) < 4.78 is 22.2. The quantitative estimate of drug-likeness (QED) is 0.605. The number of rotatable bonds is 5. The fourth-order valence-corrected chi connectivity index (χ4v) is 1.50. The summed E-state index contributed by atoms with van der Waals surface area (Å²) in [6.45, 7) is 0.0239. The maximum Gasteiger partial charge on any atom is 0.745 e. The first-order valence-electron chi connectivity index (χ1n) is 4.81. The summed E-state index contributed by atoms with van der Waals surface area (Å²) in [7, 11) is -5.85. The van der Waals surface area contributed by atoms with E-state index in [2.05, 4.69) is 4.31 Å². The van der Waals surface area contributed by atoms with Gasteiger partial charge in [-0.1, -0.05) is 30.3 Å². The second kappa shape index (κ2) is 10.2. The zero-order valence-corrected chi connectivity index (χ0v) is 11.1. The summed E-state index contributed by atoms with van der Waals surface area (Å²) in [6.07, 6.45) is -0.120. The molecule has 4 N–H and O–H groups in total. The van der Waals surface area contributed by atoms with Gasteiger partial charge in [0.2, 0.25) is 0 Å². The SMILES string of the molecule is O=[P+](O)O[P+](=O)O.OCCC(O)c1ccccc1. The number of aliphatic hydroxyl groups excluding tert-OH is 2. The van der Waals surface area contributed by atoms with Crippen LogP contribution < -0.4 is 0 Å². The average Bonchev–Trinajstić information content (AvgIpc) is 2.29. The van der Waals surface area contributed by atoms with Crippen LogP contribution in [0.5, 0.6) is 0 Å². The molecular formula is C9H14O7P2+2. The fourth-order valence-electron chi connectivity index (χ4n) is 1.02. The third kappa shape index (κ3) is 9.27. The van der Waals surface area contributed by atoms with Crippen molar-refractivity contribution in [3.63, 3.8) is 0 Å². The first-order valence-corrected chi connectivity index (χ1v) is 7.07. The van der Waals surface area contributed by atoms with Crippen molar-refractivity contribution in [1.82, 2.24) is 0 Å². The minimum Gasteiger partial charge on any atom is -0.396 e. The molecule has 0 saturated heterocycles. The van der Waals surface area contributed by atoms with E-state index in [0.29, 0.717) is 6.42 Å². The topological polar surface area (TPSA) is 124 Å². The Labute approximate surface area is 106 Å². The predicted molar refractivity (Wildman–Crippen MR) is 63.8 cm³/mol. The Morgan fingerprint density at radius 2 is 1.61 bits per heavy atom. The van der Waals surface area contributed by atoms with E-state index in [4.69, 9.17) is 14.9 Å². The highest BCUT2D eigenvalue weighted by molar-refractivity contribution is 7.46. The van der Waals surface area contributed by atoms with Crippen LogP contribution in [0.2, 0.25) is 0 Å². The summed E-state index contributed by atoms with van der Waals surface area (Å²) in [5.41, 5.74) is 0.863. The molecule has 3 atom stereocenters. The largest absolute Gasteiger partial charge is 0.745 e. The molecule has 1 aromatic carbocycles. The Bertz CT molecular complexity index is 358. The van der Waals surface area contributed by atoms with E-state index in [1.165, 1.54) is 0 Å². The highest BCUT2D eigenvalue weighted by Gasteiger charge is 2.31. The summed E-state index contributed by atoms with van der Waals surface area (Å²) in [6, 6.07) is 9.33. The molecule has 0 radical (unpaired) electrons. The highest BCUT2D eigenvalue weighted by Crippen LogP contribution is 2.30. The van der Waals surface area contributed by atoms with E-state index in [9.17, 15) is 14.2 Å². The van der Waals surface area contributed by atoms with Crippen LogP contribution in [-0.4, -0.2) is 26.6 Å². The molecule has 7 nitrogen and oxygen atoms in total. The number of hydrogen-bond donors (Lipinski definition) is 4. The van der Waals surface area contributed by atoms with Crippen LogP contribution in [-0.2, 0) is 13.4 Å². The van der Waals surface area contributed by atoms with Crippen LogP contribution >= 0.6 is 16.5 Å². The van der Waals surface area contributed by atoms with E-state index in [1.54, 1.807) is 0 Å². The van der Waals surface area contributed by atoms with Crippen molar-refractivity contribution in [1.29, 1.82) is 0 Å². The molecule has 100 valence electrons. The van der Waals surface area contributed by atoms with Gasteiger partial charge in [-0.25, -0.2) is 0 Å². The lowest BCUT2D eigenvalue weighted by molar-refractivity contribution is 0.134. The van der Waals surface area contributed by atoms with Gasteiger partial charge in [-0.15, -0.1) is 9.79 Å². The lowest BCUT2D eigenvalue weighted by Crippen LogP contribution is -1.99. The molecule has 0 amide bonds. The third-order valence-electron chi connectivity index (χ3n) is 1.73. The van der Waals surface area contributed by atoms with Gasteiger partial charge < -0.3 is 10.2 Å². The molecule has 9 heteroatoms. The number of hydrogen-bond acceptors (Lipinski definition) is 5. The maximum atomic E-state index is 9.39. The monoisotopic (exact) mass is 296 g/mol. The maximum absolute atomic E-state index is 9.39. The van der Waals surface area contributed by atoms with Crippen LogP contribution in [0.3, 0.4) is 0 Å². The van der Waals surface area contributed by atoms with Crippen molar-refractivity contribution in [3.8, 4) is 0 Å². The predicted octanol–water partition coefficient (Wildman–Crippen LogP) is 1.40. The van der Waals surface area contributed by atoms with Gasteiger partial charge in [0.15, 0.2) is 4.31 Å². The number of aliphatic hydroxyl groups is 2. The van der Waals surface area contributed by atoms with Gasteiger partial charge in [-0.3, -0.25) is 0 Å². The highest BCUT2D eigenvalue weighted by atomic mass is 31.2. The van der Waals surface area contributed by atoms with Crippen LogP contribution in [0.15, 0.2) is 30.3 Å². The second-order valence-electron chi connectivity index (χ2n) is 3.00. The second-order valence-corrected chi connectivity index (χ2v) is 4.60. The lowest BCUT2D eigenvalue weighted by Gasteiger charge is -2.07. The average molecular weight is 296 g/mol. The summed E-state index contributed by atoms with van der Waals surface area (Å²) >= 11 is 0. The third-order valence-corrected chi connectivity index (χ3v) is 2.84. The van der Waals surface area contributed by atoms with Crippen LogP contribution in [0.25, 0.3) is 0 Å². The van der Waals surface area contributed by atoms with E-state index in [-0.39, 0.29) is 6.61 Å². The summed E-state index contributed by atoms with van der Waals surface area (Å²) in [4.78, 5) is 15.3. The molecule has 1 rings (SSSR count). The van der Waals surface area contributed by atoms with Crippen LogP contribution in [0, 0.1) is 0 Å². The molecule has 0 heterocycles. The van der Waals surface area contributed by atoms with Gasteiger partial charge in [0.1, 0.15) is 0 Å². The van der Waals surface area contributed by atoms with Crippen molar-refractivity contribution < 1.29 is 33.4 Å². The molecule has 0 aliphatic heterocycles. The van der Waals surface area contributed by atoms with Crippen molar-refractivity contribution in [2.45, 2.75) is 12.5 Å². The normalized spacial score (nSPS) is 13.1. The molecule has 18 heavy (non-hydrogen) atoms. The molecule has 0 spiro atoms.